The zero-order valence-electron chi connectivity index (χ0n) is 14.5. The summed E-state index contributed by atoms with van der Waals surface area (Å²) in [5.41, 5.74) is 11.1. The predicted octanol–water partition coefficient (Wildman–Crippen LogP) is 3.41. The van der Waals surface area contributed by atoms with E-state index in [-0.39, 0.29) is 11.7 Å². The standard InChI is InChI=1S/C20H23N3O2/c1-2-12-22-19(25)15-9-5-4-8-14(15)16-13-17(24)20(18(16)23-21)10-6-3-7-11-20/h4-5,8-9,13H,2-3,6-7,10-12H2,1H3,(H,22,25). The maximum atomic E-state index is 12.8. The molecule has 2 aliphatic carbocycles. The van der Waals surface area contributed by atoms with Crippen molar-refractivity contribution < 1.29 is 14.4 Å². The third kappa shape index (κ3) is 2.96. The van der Waals surface area contributed by atoms with Gasteiger partial charge in [0.05, 0.1) is 5.57 Å². The Morgan fingerprint density at radius 3 is 2.64 bits per heavy atom. The highest BCUT2D eigenvalue weighted by molar-refractivity contribution is 6.40. The van der Waals surface area contributed by atoms with Gasteiger partial charge in [-0.1, -0.05) is 44.4 Å². The van der Waals surface area contributed by atoms with Crippen LogP contribution in [0.3, 0.4) is 0 Å². The van der Waals surface area contributed by atoms with E-state index < -0.39 is 5.41 Å². The van der Waals surface area contributed by atoms with Gasteiger partial charge in [0.25, 0.3) is 5.91 Å². The van der Waals surface area contributed by atoms with Crippen LogP contribution in [0.25, 0.3) is 11.1 Å². The van der Waals surface area contributed by atoms with Gasteiger partial charge in [0.1, 0.15) is 5.41 Å². The van der Waals surface area contributed by atoms with Gasteiger partial charge in [0, 0.05) is 17.7 Å². The summed E-state index contributed by atoms with van der Waals surface area (Å²) in [4.78, 5) is 28.8. The first-order chi connectivity index (χ1) is 12.1. The first-order valence-corrected chi connectivity index (χ1v) is 9.00. The second-order valence-electron chi connectivity index (χ2n) is 6.82. The number of ketones is 1. The van der Waals surface area contributed by atoms with Gasteiger partial charge in [-0.05, 0) is 31.4 Å². The van der Waals surface area contributed by atoms with Crippen LogP contribution in [0.5, 0.6) is 0 Å². The van der Waals surface area contributed by atoms with Crippen LogP contribution >= 0.6 is 0 Å². The van der Waals surface area contributed by atoms with Gasteiger partial charge in [-0.15, -0.1) is 0 Å². The second kappa shape index (κ2) is 7.16. The molecule has 25 heavy (non-hydrogen) atoms. The third-order valence-corrected chi connectivity index (χ3v) is 5.26. The van der Waals surface area contributed by atoms with Gasteiger partial charge >= 0.3 is 5.71 Å². The Morgan fingerprint density at radius 1 is 1.24 bits per heavy atom. The highest BCUT2D eigenvalue weighted by Crippen LogP contribution is 2.46. The van der Waals surface area contributed by atoms with E-state index in [1.165, 1.54) is 0 Å². The molecule has 1 saturated carbocycles. The first-order valence-electron chi connectivity index (χ1n) is 9.00. The van der Waals surface area contributed by atoms with E-state index in [9.17, 15) is 15.1 Å². The lowest BCUT2D eigenvalue weighted by molar-refractivity contribution is -0.123. The van der Waals surface area contributed by atoms with E-state index in [0.29, 0.717) is 41.8 Å². The van der Waals surface area contributed by atoms with Crippen molar-refractivity contribution in [3.63, 3.8) is 0 Å². The number of carbonyl (C=O) groups excluding carboxylic acids is 2. The van der Waals surface area contributed by atoms with Crippen LogP contribution in [0.15, 0.2) is 30.3 Å². The molecule has 0 heterocycles. The van der Waals surface area contributed by atoms with Crippen LogP contribution in [-0.2, 0) is 4.79 Å². The van der Waals surface area contributed by atoms with Crippen molar-refractivity contribution in [2.75, 3.05) is 6.54 Å². The lowest BCUT2D eigenvalue weighted by atomic mass is 9.69. The van der Waals surface area contributed by atoms with E-state index in [1.807, 2.05) is 19.1 Å². The molecular formula is C20H23N3O2. The van der Waals surface area contributed by atoms with E-state index in [4.69, 9.17) is 0 Å². The normalized spacial score (nSPS) is 18.8. The van der Waals surface area contributed by atoms with Crippen LogP contribution < -0.4 is 5.32 Å². The molecule has 0 bridgehead atoms. The summed E-state index contributed by atoms with van der Waals surface area (Å²) in [5.74, 6) is -0.175. The summed E-state index contributed by atoms with van der Waals surface area (Å²) in [5, 5.41) is 2.87. The minimum atomic E-state index is -0.713. The summed E-state index contributed by atoms with van der Waals surface area (Å²) in [6.07, 6.45) is 6.81. The van der Waals surface area contributed by atoms with Crippen molar-refractivity contribution in [1.29, 1.82) is 0 Å². The molecule has 0 aliphatic heterocycles. The third-order valence-electron chi connectivity index (χ3n) is 5.26. The number of hydrogen-bond acceptors (Lipinski definition) is 2. The molecule has 0 unspecified atom stereocenters. The van der Waals surface area contributed by atoms with Crippen LogP contribution in [0.4, 0.5) is 0 Å². The van der Waals surface area contributed by atoms with E-state index in [1.54, 1.807) is 18.2 Å². The molecule has 1 N–H and O–H groups in total. The lowest BCUT2D eigenvalue weighted by Gasteiger charge is -2.27. The molecule has 5 nitrogen and oxygen atoms in total. The van der Waals surface area contributed by atoms with Gasteiger partial charge in [-0.25, -0.2) is 0 Å². The Balaban J connectivity index is 2.03. The van der Waals surface area contributed by atoms with E-state index >= 15 is 0 Å². The number of allylic oxidation sites excluding steroid dienone is 2. The molecule has 1 amide bonds. The zero-order valence-corrected chi connectivity index (χ0v) is 14.5. The quantitative estimate of drug-likeness (QED) is 0.674. The van der Waals surface area contributed by atoms with Crippen molar-refractivity contribution in [1.82, 2.24) is 5.32 Å². The van der Waals surface area contributed by atoms with Crippen molar-refractivity contribution in [2.24, 2.45) is 5.41 Å². The van der Waals surface area contributed by atoms with Gasteiger partial charge in [0.15, 0.2) is 5.78 Å². The maximum absolute atomic E-state index is 12.8. The first kappa shape index (κ1) is 17.3. The van der Waals surface area contributed by atoms with Crippen LogP contribution in [-0.4, -0.2) is 28.7 Å². The van der Waals surface area contributed by atoms with E-state index in [2.05, 4.69) is 10.1 Å². The van der Waals surface area contributed by atoms with Crippen molar-refractivity contribution in [3.05, 3.63) is 47.0 Å². The lowest BCUT2D eigenvalue weighted by Crippen LogP contribution is -2.37. The summed E-state index contributed by atoms with van der Waals surface area (Å²) in [6, 6.07) is 7.19. The number of hydrogen-bond donors (Lipinski definition) is 1. The molecule has 3 rings (SSSR count). The molecule has 1 spiro atoms. The Labute approximate surface area is 147 Å². The minimum Gasteiger partial charge on any atom is -0.361 e. The number of rotatable bonds is 4. The Kier molecular flexibility index (Phi) is 4.95. The van der Waals surface area contributed by atoms with Crippen LogP contribution in [0.1, 0.15) is 61.4 Å². The molecule has 0 atom stereocenters. The maximum Gasteiger partial charge on any atom is 0.313 e. The van der Waals surface area contributed by atoms with Crippen molar-refractivity contribution in [2.45, 2.75) is 45.4 Å². The Morgan fingerprint density at radius 2 is 1.96 bits per heavy atom. The van der Waals surface area contributed by atoms with Gasteiger partial charge in [0.2, 0.25) is 0 Å². The largest absolute Gasteiger partial charge is 0.361 e. The monoisotopic (exact) mass is 337 g/mol. The molecule has 1 fully saturated rings. The van der Waals surface area contributed by atoms with E-state index in [0.717, 1.165) is 25.7 Å². The van der Waals surface area contributed by atoms with Crippen LogP contribution in [0, 0.1) is 5.41 Å². The fourth-order valence-corrected chi connectivity index (χ4v) is 3.96. The average molecular weight is 337 g/mol. The molecule has 1 aromatic carbocycles. The van der Waals surface area contributed by atoms with Gasteiger partial charge in [-0.3, -0.25) is 9.59 Å². The summed E-state index contributed by atoms with van der Waals surface area (Å²) in [7, 11) is 0. The zero-order chi connectivity index (χ0) is 17.9. The molecular weight excluding hydrogens is 314 g/mol. The number of amides is 1. The van der Waals surface area contributed by atoms with Crippen molar-refractivity contribution >= 4 is 23.0 Å². The summed E-state index contributed by atoms with van der Waals surface area (Å²) in [6.45, 7) is 2.59. The SMILES string of the molecule is CCCNC(=O)c1ccccc1C1=CC(=O)C2(CCCCC2)C1=[N+]=[N-]. The molecule has 0 saturated heterocycles. The Bertz CT molecular complexity index is 782. The second-order valence-corrected chi connectivity index (χ2v) is 6.82. The highest BCUT2D eigenvalue weighted by Gasteiger charge is 2.55. The molecule has 5 heteroatoms. The summed E-state index contributed by atoms with van der Waals surface area (Å²) < 4.78 is 0. The van der Waals surface area contributed by atoms with Gasteiger partial charge < -0.3 is 10.8 Å². The van der Waals surface area contributed by atoms with Crippen molar-refractivity contribution in [3.8, 4) is 0 Å². The minimum absolute atomic E-state index is 0.00114. The Hall–Kier alpha value is -2.52. The number of nitrogens with zero attached hydrogens (tertiary/aromatic N) is 2. The molecule has 1 aromatic rings. The average Bonchev–Trinajstić information content (AvgIpc) is 2.91. The smallest absolute Gasteiger partial charge is 0.313 e. The molecule has 0 aromatic heterocycles. The number of nitrogens with one attached hydrogen (secondary N) is 1. The highest BCUT2D eigenvalue weighted by atomic mass is 16.1. The number of benzene rings is 1. The van der Waals surface area contributed by atoms with Crippen LogP contribution in [0.2, 0.25) is 0 Å². The summed E-state index contributed by atoms with van der Waals surface area (Å²) >= 11 is 0. The molecule has 130 valence electrons. The fraction of sp³-hybridized carbons (Fsp3) is 0.450. The number of carbonyl (C=O) groups is 2. The molecule has 0 radical (unpaired) electrons. The fourth-order valence-electron chi connectivity index (χ4n) is 3.96. The predicted molar refractivity (Wildman–Crippen MR) is 96.2 cm³/mol. The molecule has 2 aliphatic rings. The topological polar surface area (TPSA) is 82.6 Å². The van der Waals surface area contributed by atoms with Gasteiger partial charge in [-0.2, -0.15) is 4.79 Å².